The molecule has 8 nitrogen and oxygen atoms in total. The second-order valence-electron chi connectivity index (χ2n) is 6.66. The predicted molar refractivity (Wildman–Crippen MR) is 90.7 cm³/mol. The van der Waals surface area contributed by atoms with Gasteiger partial charge < -0.3 is 15.3 Å². The van der Waals surface area contributed by atoms with Gasteiger partial charge in [-0.05, 0) is 12.5 Å². The molecule has 2 N–H and O–H groups in total. The number of β-amino-alcohol motifs (C(OH)–C–C–N with tert-alkyl or cyclic N) is 1. The van der Waals surface area contributed by atoms with Crippen LogP contribution < -0.4 is 5.32 Å². The van der Waals surface area contributed by atoms with E-state index < -0.39 is 6.10 Å². The number of aliphatic hydroxyl groups is 1. The molecule has 1 amide bonds. The van der Waals surface area contributed by atoms with E-state index in [4.69, 9.17) is 0 Å². The standard InChI is InChI=1S/C17H25N5O3/c23-13(8-14(24)11-22-6-1-2-17(22)25)10-21-7-5-18-9-16(21)15-3-4-19-12-20-15/h3-4,12-13,16,18,23H,1-2,5-11H2. The zero-order chi connectivity index (χ0) is 17.6. The van der Waals surface area contributed by atoms with E-state index in [0.29, 0.717) is 19.5 Å². The first-order valence-corrected chi connectivity index (χ1v) is 8.81. The van der Waals surface area contributed by atoms with E-state index in [2.05, 4.69) is 20.2 Å². The molecule has 8 heteroatoms. The molecule has 2 saturated heterocycles. The summed E-state index contributed by atoms with van der Waals surface area (Å²) in [5.41, 5.74) is 0.906. The number of aliphatic hydroxyl groups excluding tert-OH is 1. The van der Waals surface area contributed by atoms with E-state index in [9.17, 15) is 14.7 Å². The van der Waals surface area contributed by atoms with E-state index in [-0.39, 0.29) is 30.7 Å². The van der Waals surface area contributed by atoms with Gasteiger partial charge in [0.25, 0.3) is 0 Å². The van der Waals surface area contributed by atoms with Crippen LogP contribution in [-0.2, 0) is 9.59 Å². The van der Waals surface area contributed by atoms with Gasteiger partial charge in [-0.3, -0.25) is 14.5 Å². The Bertz CT molecular complexity index is 597. The van der Waals surface area contributed by atoms with Gasteiger partial charge in [0.1, 0.15) is 6.33 Å². The van der Waals surface area contributed by atoms with E-state index in [1.54, 1.807) is 11.1 Å². The zero-order valence-electron chi connectivity index (χ0n) is 14.3. The molecule has 2 unspecified atom stereocenters. The lowest BCUT2D eigenvalue weighted by molar-refractivity contribution is -0.133. The molecular weight excluding hydrogens is 322 g/mol. The summed E-state index contributed by atoms with van der Waals surface area (Å²) in [4.78, 5) is 35.7. The number of aromatic nitrogens is 2. The molecule has 0 radical (unpaired) electrons. The summed E-state index contributed by atoms with van der Waals surface area (Å²) < 4.78 is 0. The van der Waals surface area contributed by atoms with Crippen LogP contribution in [0.2, 0.25) is 0 Å². The van der Waals surface area contributed by atoms with Crippen molar-refractivity contribution in [3.63, 3.8) is 0 Å². The third kappa shape index (κ3) is 4.81. The van der Waals surface area contributed by atoms with Crippen molar-refractivity contribution >= 4 is 11.7 Å². The summed E-state index contributed by atoms with van der Waals surface area (Å²) in [7, 11) is 0. The summed E-state index contributed by atoms with van der Waals surface area (Å²) in [6, 6.07) is 1.93. The number of rotatable bonds is 7. The van der Waals surface area contributed by atoms with Crippen molar-refractivity contribution in [2.75, 3.05) is 39.3 Å². The quantitative estimate of drug-likeness (QED) is 0.677. The third-order valence-electron chi connectivity index (χ3n) is 4.75. The van der Waals surface area contributed by atoms with Crippen LogP contribution in [0.1, 0.15) is 31.0 Å². The van der Waals surface area contributed by atoms with Gasteiger partial charge in [-0.15, -0.1) is 0 Å². The van der Waals surface area contributed by atoms with Crippen LogP contribution in [0.4, 0.5) is 0 Å². The Balaban J connectivity index is 1.52. The number of ketones is 1. The number of carbonyl (C=O) groups is 2. The largest absolute Gasteiger partial charge is 0.391 e. The van der Waals surface area contributed by atoms with Crippen molar-refractivity contribution in [1.29, 1.82) is 0 Å². The molecule has 2 fully saturated rings. The molecule has 25 heavy (non-hydrogen) atoms. The van der Waals surface area contributed by atoms with Gasteiger partial charge in [-0.1, -0.05) is 0 Å². The topological polar surface area (TPSA) is 98.7 Å². The monoisotopic (exact) mass is 347 g/mol. The number of carbonyl (C=O) groups excluding carboxylic acids is 2. The average Bonchev–Trinajstić information content (AvgIpc) is 3.00. The molecular formula is C17H25N5O3. The maximum Gasteiger partial charge on any atom is 0.223 e. The fraction of sp³-hybridized carbons (Fsp3) is 0.647. The Kier molecular flexibility index (Phi) is 6.06. The number of amides is 1. The summed E-state index contributed by atoms with van der Waals surface area (Å²) in [5.74, 6) is -0.0507. The number of hydrogen-bond acceptors (Lipinski definition) is 7. The molecule has 0 bridgehead atoms. The number of Topliss-reactive ketones (excluding diaryl/α,β-unsaturated/α-hetero) is 1. The molecule has 0 aromatic carbocycles. The Hall–Kier alpha value is -1.90. The number of nitrogens with one attached hydrogen (secondary N) is 1. The number of nitrogens with zero attached hydrogens (tertiary/aromatic N) is 4. The fourth-order valence-corrected chi connectivity index (χ4v) is 3.50. The number of piperazine rings is 1. The predicted octanol–water partition coefficient (Wildman–Crippen LogP) is -0.635. The molecule has 2 atom stereocenters. The van der Waals surface area contributed by atoms with Crippen LogP contribution in [-0.4, -0.2) is 81.9 Å². The summed E-state index contributed by atoms with van der Waals surface area (Å²) >= 11 is 0. The molecule has 3 heterocycles. The lowest BCUT2D eigenvalue weighted by atomic mass is 10.1. The van der Waals surface area contributed by atoms with Crippen LogP contribution in [0.3, 0.4) is 0 Å². The highest BCUT2D eigenvalue weighted by Gasteiger charge is 2.28. The van der Waals surface area contributed by atoms with Crippen LogP contribution in [0.25, 0.3) is 0 Å². The summed E-state index contributed by atoms with van der Waals surface area (Å²) in [6.45, 7) is 3.55. The lowest BCUT2D eigenvalue weighted by Gasteiger charge is -2.36. The van der Waals surface area contributed by atoms with Crippen LogP contribution in [0, 0.1) is 0 Å². The van der Waals surface area contributed by atoms with Gasteiger partial charge in [0.2, 0.25) is 5.91 Å². The number of hydrogen-bond donors (Lipinski definition) is 2. The second-order valence-corrected chi connectivity index (χ2v) is 6.66. The minimum atomic E-state index is -0.743. The minimum Gasteiger partial charge on any atom is -0.391 e. The first-order valence-electron chi connectivity index (χ1n) is 8.81. The van der Waals surface area contributed by atoms with Crippen molar-refractivity contribution in [2.24, 2.45) is 0 Å². The smallest absolute Gasteiger partial charge is 0.223 e. The van der Waals surface area contributed by atoms with E-state index in [1.807, 2.05) is 6.07 Å². The third-order valence-corrected chi connectivity index (χ3v) is 4.75. The van der Waals surface area contributed by atoms with Gasteiger partial charge in [-0.25, -0.2) is 9.97 Å². The molecule has 0 aliphatic carbocycles. The van der Waals surface area contributed by atoms with Gasteiger partial charge in [0.15, 0.2) is 5.78 Å². The van der Waals surface area contributed by atoms with Gasteiger partial charge in [-0.2, -0.15) is 0 Å². The highest BCUT2D eigenvalue weighted by atomic mass is 16.3. The Labute approximate surface area is 147 Å². The molecule has 1 aromatic rings. The van der Waals surface area contributed by atoms with E-state index >= 15 is 0 Å². The Morgan fingerprint density at radius 2 is 2.32 bits per heavy atom. The molecule has 2 aliphatic heterocycles. The maximum absolute atomic E-state index is 12.1. The van der Waals surface area contributed by atoms with Crippen LogP contribution in [0.15, 0.2) is 18.6 Å². The van der Waals surface area contributed by atoms with Crippen LogP contribution >= 0.6 is 0 Å². The van der Waals surface area contributed by atoms with Crippen molar-refractivity contribution in [3.8, 4) is 0 Å². The molecule has 136 valence electrons. The second kappa shape index (κ2) is 8.46. The van der Waals surface area contributed by atoms with Crippen molar-refractivity contribution < 1.29 is 14.7 Å². The Morgan fingerprint density at radius 3 is 3.04 bits per heavy atom. The van der Waals surface area contributed by atoms with Gasteiger partial charge in [0.05, 0.1) is 24.4 Å². The minimum absolute atomic E-state index is 0.0359. The van der Waals surface area contributed by atoms with E-state index in [1.165, 1.54) is 6.33 Å². The zero-order valence-corrected chi connectivity index (χ0v) is 14.3. The van der Waals surface area contributed by atoms with Gasteiger partial charge >= 0.3 is 0 Å². The summed E-state index contributed by atoms with van der Waals surface area (Å²) in [6.07, 6.45) is 3.90. The molecule has 0 spiro atoms. The first kappa shape index (κ1) is 17.9. The van der Waals surface area contributed by atoms with Gasteiger partial charge in [0, 0.05) is 51.8 Å². The van der Waals surface area contributed by atoms with Crippen molar-refractivity contribution in [2.45, 2.75) is 31.4 Å². The maximum atomic E-state index is 12.1. The average molecular weight is 347 g/mol. The normalized spacial score (nSPS) is 23.0. The van der Waals surface area contributed by atoms with Crippen LogP contribution in [0.5, 0.6) is 0 Å². The van der Waals surface area contributed by atoms with Crippen molar-refractivity contribution in [3.05, 3.63) is 24.3 Å². The van der Waals surface area contributed by atoms with Crippen molar-refractivity contribution in [1.82, 2.24) is 25.1 Å². The summed E-state index contributed by atoms with van der Waals surface area (Å²) in [5, 5.41) is 13.7. The molecule has 3 rings (SSSR count). The fourth-order valence-electron chi connectivity index (χ4n) is 3.50. The Morgan fingerprint density at radius 1 is 1.44 bits per heavy atom. The SMILES string of the molecule is O=C(CC(O)CN1CCNCC1c1ccncn1)CN1CCCC1=O. The molecule has 1 aromatic heterocycles. The number of likely N-dealkylation sites (tertiary alicyclic amines) is 1. The lowest BCUT2D eigenvalue weighted by Crippen LogP contribution is -2.49. The van der Waals surface area contributed by atoms with E-state index in [0.717, 1.165) is 31.7 Å². The first-order chi connectivity index (χ1) is 12.1. The molecule has 2 aliphatic rings. The highest BCUT2D eigenvalue weighted by Crippen LogP contribution is 2.20. The highest BCUT2D eigenvalue weighted by molar-refractivity contribution is 5.87. The molecule has 0 saturated carbocycles.